The van der Waals surface area contributed by atoms with Gasteiger partial charge >= 0.3 is 0 Å². The molecule has 0 aliphatic carbocycles. The molecule has 1 aromatic heterocycles. The maximum absolute atomic E-state index is 12.9. The van der Waals surface area contributed by atoms with Gasteiger partial charge in [0, 0.05) is 28.7 Å². The number of anilines is 1. The first kappa shape index (κ1) is 21.9. The summed E-state index contributed by atoms with van der Waals surface area (Å²) in [4.78, 5) is 29.8. The number of amides is 2. The Balaban J connectivity index is 1.87. The Morgan fingerprint density at radius 1 is 1.00 bits per heavy atom. The summed E-state index contributed by atoms with van der Waals surface area (Å²) in [5.41, 5.74) is 1.53. The summed E-state index contributed by atoms with van der Waals surface area (Å²) in [6, 6.07) is 14.9. The van der Waals surface area contributed by atoms with E-state index >= 15 is 0 Å². The Hall–Kier alpha value is -3.84. The number of rotatable bonds is 7. The molecule has 31 heavy (non-hydrogen) atoms. The molecule has 0 saturated heterocycles. The largest absolute Gasteiger partial charge is 0.493 e. The highest BCUT2D eigenvalue weighted by atomic mass is 35.5. The monoisotopic (exact) mass is 437 g/mol. The van der Waals surface area contributed by atoms with E-state index in [0.29, 0.717) is 33.3 Å². The van der Waals surface area contributed by atoms with Crippen LogP contribution in [-0.2, 0) is 4.79 Å². The van der Waals surface area contributed by atoms with Crippen LogP contribution in [0.4, 0.5) is 5.69 Å². The Labute approximate surface area is 184 Å². The van der Waals surface area contributed by atoms with Crippen molar-refractivity contribution in [2.75, 3.05) is 19.5 Å². The molecule has 0 bridgehead atoms. The van der Waals surface area contributed by atoms with E-state index in [2.05, 4.69) is 15.6 Å². The van der Waals surface area contributed by atoms with Crippen LogP contribution in [0.1, 0.15) is 15.9 Å². The number of hydrogen-bond donors (Lipinski definition) is 2. The highest BCUT2D eigenvalue weighted by molar-refractivity contribution is 6.30. The Kier molecular flexibility index (Phi) is 7.24. The molecule has 158 valence electrons. The number of nitrogens with one attached hydrogen (secondary N) is 2. The zero-order chi connectivity index (χ0) is 22.2. The lowest BCUT2D eigenvalue weighted by Gasteiger charge is -2.13. The summed E-state index contributed by atoms with van der Waals surface area (Å²) in [7, 11) is 2.99. The predicted molar refractivity (Wildman–Crippen MR) is 119 cm³/mol. The van der Waals surface area contributed by atoms with E-state index in [0.717, 1.165) is 0 Å². The van der Waals surface area contributed by atoms with Gasteiger partial charge in [0.05, 0.1) is 14.2 Å². The highest BCUT2D eigenvalue weighted by Gasteiger charge is 2.17. The van der Waals surface area contributed by atoms with Crippen LogP contribution in [0, 0.1) is 0 Å². The lowest BCUT2D eigenvalue weighted by atomic mass is 10.1. The number of benzene rings is 2. The molecule has 0 saturated carbocycles. The first-order chi connectivity index (χ1) is 15.0. The van der Waals surface area contributed by atoms with Gasteiger partial charge in [-0.2, -0.15) is 0 Å². The molecule has 0 spiro atoms. The van der Waals surface area contributed by atoms with Gasteiger partial charge in [0.15, 0.2) is 11.5 Å². The van der Waals surface area contributed by atoms with Crippen molar-refractivity contribution < 1.29 is 19.1 Å². The Bertz CT molecular complexity index is 1100. The van der Waals surface area contributed by atoms with E-state index in [1.165, 1.54) is 26.4 Å². The molecular formula is C23H20ClN3O4. The van der Waals surface area contributed by atoms with Crippen molar-refractivity contribution in [3.05, 3.63) is 88.8 Å². The number of hydrogen-bond acceptors (Lipinski definition) is 5. The predicted octanol–water partition coefficient (Wildman–Crippen LogP) is 4.16. The lowest BCUT2D eigenvalue weighted by molar-refractivity contribution is -0.113. The Morgan fingerprint density at radius 3 is 2.39 bits per heavy atom. The van der Waals surface area contributed by atoms with Gasteiger partial charge in [-0.1, -0.05) is 17.7 Å². The molecule has 2 N–H and O–H groups in total. The molecule has 0 aliphatic heterocycles. The number of pyridine rings is 1. The highest BCUT2D eigenvalue weighted by Crippen LogP contribution is 2.27. The fourth-order valence-electron chi connectivity index (χ4n) is 2.69. The van der Waals surface area contributed by atoms with Crippen molar-refractivity contribution in [1.82, 2.24) is 10.3 Å². The van der Waals surface area contributed by atoms with Crippen LogP contribution in [0.25, 0.3) is 6.08 Å². The van der Waals surface area contributed by atoms with Crippen LogP contribution >= 0.6 is 11.6 Å². The fourth-order valence-corrected chi connectivity index (χ4v) is 2.82. The molecule has 0 atom stereocenters. The van der Waals surface area contributed by atoms with Gasteiger partial charge in [-0.15, -0.1) is 0 Å². The maximum Gasteiger partial charge on any atom is 0.272 e. The molecule has 0 radical (unpaired) electrons. The molecule has 0 aliphatic rings. The summed E-state index contributed by atoms with van der Waals surface area (Å²) in [6.45, 7) is 0. The van der Waals surface area contributed by atoms with Crippen LogP contribution in [0.5, 0.6) is 11.5 Å². The number of aromatic nitrogens is 1. The first-order valence-corrected chi connectivity index (χ1v) is 9.60. The van der Waals surface area contributed by atoms with Gasteiger partial charge < -0.3 is 20.1 Å². The fraction of sp³-hybridized carbons (Fsp3) is 0.0870. The van der Waals surface area contributed by atoms with Gasteiger partial charge in [-0.05, 0) is 60.2 Å². The average molecular weight is 438 g/mol. The third-order valence-corrected chi connectivity index (χ3v) is 4.49. The number of carbonyl (C=O) groups excluding carboxylic acids is 2. The van der Waals surface area contributed by atoms with Crippen molar-refractivity contribution in [2.45, 2.75) is 0 Å². The summed E-state index contributed by atoms with van der Waals surface area (Å²) >= 11 is 5.89. The number of ether oxygens (including phenoxy) is 2. The van der Waals surface area contributed by atoms with Crippen molar-refractivity contribution in [3.63, 3.8) is 0 Å². The van der Waals surface area contributed by atoms with Crippen LogP contribution in [0.3, 0.4) is 0 Å². The van der Waals surface area contributed by atoms with Crippen LogP contribution in [0.15, 0.2) is 72.7 Å². The standard InChI is InChI=1S/C23H20ClN3O4/c1-30-20-10-5-16(13-21(20)31-2)22(28)27-19(12-15-4-3-11-25-14-15)23(29)26-18-8-6-17(24)7-9-18/h3-14H,1-2H3,(H,26,29)(H,27,28)/b19-12+. The second-order valence-corrected chi connectivity index (χ2v) is 6.77. The molecule has 1 heterocycles. The van der Waals surface area contributed by atoms with E-state index in [4.69, 9.17) is 21.1 Å². The van der Waals surface area contributed by atoms with Crippen LogP contribution in [0.2, 0.25) is 5.02 Å². The minimum absolute atomic E-state index is 0.0442. The van der Waals surface area contributed by atoms with Crippen molar-refractivity contribution in [2.24, 2.45) is 0 Å². The molecule has 3 rings (SSSR count). The van der Waals surface area contributed by atoms with Crippen molar-refractivity contribution in [3.8, 4) is 11.5 Å². The minimum Gasteiger partial charge on any atom is -0.493 e. The molecule has 7 nitrogen and oxygen atoms in total. The summed E-state index contributed by atoms with van der Waals surface area (Å²) in [5, 5.41) is 5.95. The van der Waals surface area contributed by atoms with E-state index < -0.39 is 11.8 Å². The van der Waals surface area contributed by atoms with E-state index in [1.54, 1.807) is 60.9 Å². The van der Waals surface area contributed by atoms with Crippen LogP contribution < -0.4 is 20.1 Å². The molecule has 3 aromatic rings. The van der Waals surface area contributed by atoms with Crippen molar-refractivity contribution in [1.29, 1.82) is 0 Å². The van der Waals surface area contributed by atoms with Gasteiger partial charge in [0.2, 0.25) is 0 Å². The number of methoxy groups -OCH3 is 2. The second-order valence-electron chi connectivity index (χ2n) is 6.33. The quantitative estimate of drug-likeness (QED) is 0.542. The minimum atomic E-state index is -0.500. The smallest absolute Gasteiger partial charge is 0.272 e. The molecule has 2 amide bonds. The van der Waals surface area contributed by atoms with Gasteiger partial charge in [-0.25, -0.2) is 0 Å². The van der Waals surface area contributed by atoms with Gasteiger partial charge in [-0.3, -0.25) is 14.6 Å². The zero-order valence-electron chi connectivity index (χ0n) is 16.9. The third-order valence-electron chi connectivity index (χ3n) is 4.24. The second kappa shape index (κ2) is 10.3. The first-order valence-electron chi connectivity index (χ1n) is 9.22. The summed E-state index contributed by atoms with van der Waals surface area (Å²) in [5.74, 6) is -0.0911. The molecule has 2 aromatic carbocycles. The van der Waals surface area contributed by atoms with E-state index in [9.17, 15) is 9.59 Å². The summed E-state index contributed by atoms with van der Waals surface area (Å²) in [6.07, 6.45) is 4.74. The molecular weight excluding hydrogens is 418 g/mol. The molecule has 8 heteroatoms. The Morgan fingerprint density at radius 2 is 1.74 bits per heavy atom. The van der Waals surface area contributed by atoms with E-state index in [1.807, 2.05) is 0 Å². The summed E-state index contributed by atoms with van der Waals surface area (Å²) < 4.78 is 10.4. The van der Waals surface area contributed by atoms with Gasteiger partial charge in [0.1, 0.15) is 5.70 Å². The van der Waals surface area contributed by atoms with Crippen LogP contribution in [-0.4, -0.2) is 31.0 Å². The maximum atomic E-state index is 12.9. The van der Waals surface area contributed by atoms with E-state index in [-0.39, 0.29) is 5.70 Å². The molecule has 0 unspecified atom stereocenters. The number of nitrogens with zero attached hydrogens (tertiary/aromatic N) is 1. The third kappa shape index (κ3) is 5.83. The van der Waals surface area contributed by atoms with Gasteiger partial charge in [0.25, 0.3) is 11.8 Å². The number of halogens is 1. The normalized spacial score (nSPS) is 10.9. The van der Waals surface area contributed by atoms with Crippen molar-refractivity contribution >= 4 is 35.2 Å². The average Bonchev–Trinajstić information content (AvgIpc) is 2.80. The SMILES string of the molecule is COc1ccc(C(=O)N/C(=C/c2cccnc2)C(=O)Nc2ccc(Cl)cc2)cc1OC. The zero-order valence-corrected chi connectivity index (χ0v) is 17.6. The number of carbonyl (C=O) groups is 2. The topological polar surface area (TPSA) is 89.5 Å². The molecule has 0 fully saturated rings. The lowest BCUT2D eigenvalue weighted by Crippen LogP contribution is -2.30.